The zero-order valence-corrected chi connectivity index (χ0v) is 48.5. The first-order valence-electron chi connectivity index (χ1n) is 28.6. The van der Waals surface area contributed by atoms with E-state index < -0.39 is 163 Å². The van der Waals surface area contributed by atoms with Crippen molar-refractivity contribution >= 4 is 70.0 Å². The average Bonchev–Trinajstić information content (AvgIpc) is 1.65. The molecule has 87 heavy (non-hydrogen) atoms. The van der Waals surface area contributed by atoms with Gasteiger partial charge < -0.3 is 87.1 Å². The summed E-state index contributed by atoms with van der Waals surface area (Å²) in [5.74, 6) is -8.38. The molecule has 0 saturated carbocycles. The summed E-state index contributed by atoms with van der Waals surface area (Å²) >= 11 is 0. The highest BCUT2D eigenvalue weighted by atomic mass is 19.1. The fourth-order valence-electron chi connectivity index (χ4n) is 11.3. The summed E-state index contributed by atoms with van der Waals surface area (Å²) in [5.41, 5.74) is 6.27. The second-order valence-corrected chi connectivity index (χ2v) is 22.4. The van der Waals surface area contributed by atoms with Gasteiger partial charge in [0.25, 0.3) is 5.56 Å². The number of fused-ring (bicyclic) bond motifs is 5. The molecule has 10 atom stereocenters. The lowest BCUT2D eigenvalue weighted by Crippen LogP contribution is -2.58. The van der Waals surface area contributed by atoms with E-state index in [0.29, 0.717) is 57.4 Å². The minimum absolute atomic E-state index is 0.0420. The number of hydrogen-bond acceptors (Lipinski definition) is 19. The molecule has 30 heteroatoms. The number of ether oxygens (including phenoxy) is 3. The molecule has 2 aromatic heterocycles. The van der Waals surface area contributed by atoms with E-state index in [1.165, 1.54) is 23.6 Å². The van der Waals surface area contributed by atoms with Gasteiger partial charge in [-0.3, -0.25) is 47.9 Å². The van der Waals surface area contributed by atoms with Crippen molar-refractivity contribution in [2.24, 2.45) is 11.7 Å². The standard InChI is InChI=1S/C57H72FN11O18/c1-6-57(84)31-17-36-49-29(21-68(36)55(82)30(31)23-86-56(57)83)47-33(8-7-28-26(4)32(58)18-35(66-49)46(28)47)64-42(73)14-16-85-24-62-52(79)27(5)63-54(81)48(25(2)3)67-53(80)34(65-41(72)13-15-60-43(74)22-69-44(75)11-12-45(69)76)9-10-40(71)61-20-38-51(78)50(77)37(87-38)19-39(59)70/h11-12,17-18,25,27,33-34,37-38,44,48,50-51,75,77-78,84H,6-10,13-16,19-24H2,1-5H3,(H2,59,70)(H,60,74)(H,61,71)(H,62,79)(H,63,81)(H,64,73)(H,65,72)(H,67,80)/t27-,33-,34-,37-,38+,44?,48-,50-,51+,57-/m0/s1. The normalized spacial score (nSPS) is 22.5. The second-order valence-electron chi connectivity index (χ2n) is 22.4. The molecule has 8 rings (SSSR count). The third-order valence-corrected chi connectivity index (χ3v) is 16.2. The van der Waals surface area contributed by atoms with Crippen molar-refractivity contribution in [2.75, 3.05) is 33.0 Å². The number of carbonyl (C=O) groups is 10. The van der Waals surface area contributed by atoms with Crippen molar-refractivity contribution in [1.82, 2.24) is 51.7 Å². The largest absolute Gasteiger partial charge is 0.458 e. The molecule has 5 aliphatic rings. The molecular formula is C57H72FN11O18. The summed E-state index contributed by atoms with van der Waals surface area (Å²) in [6.45, 7) is 5.87. The summed E-state index contributed by atoms with van der Waals surface area (Å²) in [6.07, 6.45) is -5.23. The Labute approximate surface area is 496 Å². The molecule has 1 unspecified atom stereocenters. The van der Waals surface area contributed by atoms with Crippen molar-refractivity contribution in [1.29, 1.82) is 0 Å². The number of halogens is 1. The van der Waals surface area contributed by atoms with E-state index in [0.717, 1.165) is 11.0 Å². The number of benzene rings is 1. The minimum atomic E-state index is -2.07. The number of cyclic esters (lactones) is 1. The van der Waals surface area contributed by atoms with Gasteiger partial charge in [0, 0.05) is 54.6 Å². The highest BCUT2D eigenvalue weighted by Gasteiger charge is 2.47. The molecule has 0 spiro atoms. The Bertz CT molecular complexity index is 3370. The first-order valence-corrected chi connectivity index (χ1v) is 28.6. The maximum Gasteiger partial charge on any atom is 0.343 e. The summed E-state index contributed by atoms with van der Waals surface area (Å²) in [4.78, 5) is 149. The molecule has 29 nitrogen and oxygen atoms in total. The molecule has 9 amide bonds. The van der Waals surface area contributed by atoms with Crippen molar-refractivity contribution in [2.45, 2.75) is 160 Å². The fourth-order valence-corrected chi connectivity index (χ4v) is 11.3. The van der Waals surface area contributed by atoms with E-state index in [2.05, 4.69) is 37.2 Å². The number of aryl methyl sites for hydroxylation is 1. The van der Waals surface area contributed by atoms with Crippen molar-refractivity contribution in [3.05, 3.63) is 73.8 Å². The molecule has 13 N–H and O–H groups in total. The van der Waals surface area contributed by atoms with Crippen LogP contribution in [0.2, 0.25) is 0 Å². The van der Waals surface area contributed by atoms with Gasteiger partial charge in [-0.15, -0.1) is 0 Å². The Balaban J connectivity index is 0.838. The molecule has 0 bridgehead atoms. The number of carbonyl (C=O) groups excluding carboxylic acids is 10. The van der Waals surface area contributed by atoms with Crippen LogP contribution in [-0.4, -0.2) is 176 Å². The van der Waals surface area contributed by atoms with E-state index >= 15 is 4.39 Å². The van der Waals surface area contributed by atoms with Gasteiger partial charge >= 0.3 is 5.97 Å². The van der Waals surface area contributed by atoms with Gasteiger partial charge in [-0.1, -0.05) is 20.8 Å². The van der Waals surface area contributed by atoms with Gasteiger partial charge in [0.2, 0.25) is 53.2 Å². The molecule has 0 radical (unpaired) electrons. The Kier molecular flexibility index (Phi) is 20.2. The van der Waals surface area contributed by atoms with Crippen LogP contribution in [0, 0.1) is 18.7 Å². The number of aromatic nitrogens is 2. The quantitative estimate of drug-likeness (QED) is 0.0167. The van der Waals surface area contributed by atoms with Crippen LogP contribution in [-0.2, 0) is 87.3 Å². The highest BCUT2D eigenvalue weighted by molar-refractivity contribution is 5.97. The molecule has 1 saturated heterocycles. The van der Waals surface area contributed by atoms with Crippen LogP contribution < -0.4 is 48.5 Å². The monoisotopic (exact) mass is 1220 g/mol. The number of aliphatic hydroxyl groups excluding tert-OH is 3. The summed E-state index contributed by atoms with van der Waals surface area (Å²) in [7, 11) is 0. The third-order valence-electron chi connectivity index (χ3n) is 16.2. The molecule has 4 aliphatic heterocycles. The number of amides is 9. The number of nitrogens with one attached hydrogen (secondary N) is 7. The third kappa shape index (κ3) is 14.1. The number of nitrogens with two attached hydrogens (primary N) is 1. The van der Waals surface area contributed by atoms with Crippen LogP contribution >= 0.6 is 0 Å². The molecule has 3 aromatic rings. The number of primary amides is 1. The Morgan fingerprint density at radius 2 is 1.61 bits per heavy atom. The number of nitrogens with zero attached hydrogens (tertiary/aromatic N) is 3. The predicted molar refractivity (Wildman–Crippen MR) is 300 cm³/mol. The molecule has 6 heterocycles. The van der Waals surface area contributed by atoms with Gasteiger partial charge in [-0.05, 0) is 74.3 Å². The molecule has 470 valence electrons. The molecule has 1 fully saturated rings. The number of hydrogen-bond donors (Lipinski definition) is 12. The van der Waals surface area contributed by atoms with Crippen LogP contribution in [0.4, 0.5) is 4.39 Å². The smallest absolute Gasteiger partial charge is 0.343 e. The zero-order valence-electron chi connectivity index (χ0n) is 48.5. The summed E-state index contributed by atoms with van der Waals surface area (Å²) < 4.78 is 33.2. The van der Waals surface area contributed by atoms with Crippen molar-refractivity contribution in [3.8, 4) is 11.4 Å². The van der Waals surface area contributed by atoms with Gasteiger partial charge in [0.05, 0.1) is 60.6 Å². The predicted octanol–water partition coefficient (Wildman–Crippen LogP) is -3.27. The van der Waals surface area contributed by atoms with E-state index in [1.54, 1.807) is 33.8 Å². The van der Waals surface area contributed by atoms with Gasteiger partial charge in [0.15, 0.2) is 5.60 Å². The van der Waals surface area contributed by atoms with Gasteiger partial charge in [-0.2, -0.15) is 0 Å². The first-order chi connectivity index (χ1) is 41.2. The lowest BCUT2D eigenvalue weighted by atomic mass is 9.81. The van der Waals surface area contributed by atoms with Gasteiger partial charge in [0.1, 0.15) is 68.4 Å². The topological polar surface area (TPSA) is 428 Å². The van der Waals surface area contributed by atoms with Crippen molar-refractivity contribution < 1.29 is 87.0 Å². The van der Waals surface area contributed by atoms with Crippen LogP contribution in [0.5, 0.6) is 0 Å². The first kappa shape index (κ1) is 64.7. The number of esters is 1. The molecule has 1 aliphatic carbocycles. The Morgan fingerprint density at radius 1 is 0.874 bits per heavy atom. The van der Waals surface area contributed by atoms with E-state index in [-0.39, 0.29) is 70.0 Å². The molecular weight excluding hydrogens is 1150 g/mol. The number of aliphatic hydroxyl groups is 4. The summed E-state index contributed by atoms with van der Waals surface area (Å²) in [6, 6.07) is -1.74. The van der Waals surface area contributed by atoms with Crippen LogP contribution in [0.15, 0.2) is 29.1 Å². The lowest BCUT2D eigenvalue weighted by molar-refractivity contribution is -0.172. The number of rotatable bonds is 26. The average molecular weight is 1220 g/mol. The molecule has 1 aromatic carbocycles. The maximum atomic E-state index is 15.4. The Hall–Kier alpha value is -8.29. The maximum absolute atomic E-state index is 15.4. The SMILES string of the molecule is CC[C@@]1(O)C(=O)OCc2c1cc1n(c2=O)Cc2c-1nc1cc(F)c(C)c3c1c2[C@@H](NC(=O)CCOCNC(=O)[C@H](C)NC(=O)[C@@H](NC(=O)[C@H](CCC(=O)NC[C@H]1O[C@@H](CC(N)=O)[C@H](O)[C@@H]1O)NC(=O)CCNC(=O)CN1C(=O)C=CC1O)C(C)C)CC3. The lowest BCUT2D eigenvalue weighted by Gasteiger charge is -2.31. The van der Waals surface area contributed by atoms with Crippen LogP contribution in [0.3, 0.4) is 0 Å². The second kappa shape index (κ2) is 27.2. The Morgan fingerprint density at radius 3 is 2.30 bits per heavy atom. The zero-order chi connectivity index (χ0) is 63.3. The number of pyridine rings is 2. The highest BCUT2D eigenvalue weighted by Crippen LogP contribution is 2.46. The van der Waals surface area contributed by atoms with Crippen LogP contribution in [0.1, 0.15) is 112 Å². The minimum Gasteiger partial charge on any atom is -0.458 e. The summed E-state index contributed by atoms with van der Waals surface area (Å²) in [5, 5.41) is 60.7. The van der Waals surface area contributed by atoms with E-state index in [9.17, 15) is 73.2 Å². The van der Waals surface area contributed by atoms with Crippen LogP contribution in [0.25, 0.3) is 22.3 Å². The van der Waals surface area contributed by atoms with E-state index in [1.807, 2.05) is 0 Å². The van der Waals surface area contributed by atoms with E-state index in [4.69, 9.17) is 24.9 Å². The van der Waals surface area contributed by atoms with Crippen molar-refractivity contribution in [3.63, 3.8) is 0 Å². The van der Waals surface area contributed by atoms with Gasteiger partial charge in [-0.25, -0.2) is 14.2 Å². The fraction of sp³-hybridized carbons (Fsp3) is 0.544.